The molecule has 1 aliphatic heterocycles. The smallest absolute Gasteiger partial charge is 0.376 e. The molecule has 26 heavy (non-hydrogen) atoms. The standard InChI is InChI=1S/C20H28O6/c1-12(17(21)19(23)25-16-4-2-3-5-24-16)18(22)26-20-9-13-6-14(10-20)8-15(7-13)11-20/h13-16,21H,2-11H2,1H3/b17-12-. The highest BCUT2D eigenvalue weighted by molar-refractivity contribution is 5.98. The van der Waals surface area contributed by atoms with Crippen molar-refractivity contribution < 1.29 is 28.9 Å². The minimum atomic E-state index is -0.920. The van der Waals surface area contributed by atoms with Crippen LogP contribution in [0.15, 0.2) is 11.3 Å². The number of hydrogen-bond acceptors (Lipinski definition) is 6. The van der Waals surface area contributed by atoms with Crippen LogP contribution in [0.3, 0.4) is 0 Å². The molecule has 1 N–H and O–H groups in total. The molecule has 0 spiro atoms. The quantitative estimate of drug-likeness (QED) is 0.468. The van der Waals surface area contributed by atoms with Gasteiger partial charge < -0.3 is 19.3 Å². The lowest BCUT2D eigenvalue weighted by Crippen LogP contribution is -2.52. The second-order valence-corrected chi connectivity index (χ2v) is 8.67. The van der Waals surface area contributed by atoms with Crippen LogP contribution in [0, 0.1) is 17.8 Å². The summed E-state index contributed by atoms with van der Waals surface area (Å²) in [7, 11) is 0. The summed E-state index contributed by atoms with van der Waals surface area (Å²) in [4.78, 5) is 24.7. The van der Waals surface area contributed by atoms with Crippen molar-refractivity contribution in [3.8, 4) is 0 Å². The molecule has 6 heteroatoms. The lowest BCUT2D eigenvalue weighted by molar-refractivity contribution is -0.187. The van der Waals surface area contributed by atoms with Gasteiger partial charge in [0.2, 0.25) is 12.0 Å². The minimum absolute atomic E-state index is 0.0819. The average molecular weight is 364 g/mol. The maximum absolute atomic E-state index is 12.6. The second-order valence-electron chi connectivity index (χ2n) is 8.67. The van der Waals surface area contributed by atoms with Gasteiger partial charge >= 0.3 is 11.9 Å². The van der Waals surface area contributed by atoms with Gasteiger partial charge in [-0.25, -0.2) is 9.59 Å². The van der Waals surface area contributed by atoms with Crippen molar-refractivity contribution >= 4 is 11.9 Å². The lowest BCUT2D eigenvalue weighted by atomic mass is 9.54. The molecule has 1 heterocycles. The van der Waals surface area contributed by atoms with Crippen LogP contribution < -0.4 is 0 Å². The first-order valence-electron chi connectivity index (χ1n) is 9.90. The van der Waals surface area contributed by atoms with E-state index < -0.39 is 29.6 Å². The molecule has 0 aromatic heterocycles. The van der Waals surface area contributed by atoms with Gasteiger partial charge in [0, 0.05) is 6.42 Å². The van der Waals surface area contributed by atoms with E-state index in [-0.39, 0.29) is 5.57 Å². The van der Waals surface area contributed by atoms with E-state index in [4.69, 9.17) is 14.2 Å². The topological polar surface area (TPSA) is 82.1 Å². The maximum Gasteiger partial charge on any atom is 0.376 e. The maximum atomic E-state index is 12.6. The zero-order chi connectivity index (χ0) is 18.3. The Morgan fingerprint density at radius 1 is 1.00 bits per heavy atom. The molecule has 1 unspecified atom stereocenters. The van der Waals surface area contributed by atoms with Crippen molar-refractivity contribution in [1.29, 1.82) is 0 Å². The first kappa shape index (κ1) is 17.8. The van der Waals surface area contributed by atoms with Crippen LogP contribution >= 0.6 is 0 Å². The monoisotopic (exact) mass is 364 g/mol. The van der Waals surface area contributed by atoms with Crippen LogP contribution in [-0.4, -0.2) is 35.5 Å². The molecule has 6 nitrogen and oxygen atoms in total. The van der Waals surface area contributed by atoms with Crippen molar-refractivity contribution in [1.82, 2.24) is 0 Å². The summed E-state index contributed by atoms with van der Waals surface area (Å²) in [6.45, 7) is 1.95. The molecule has 1 saturated heterocycles. The number of aliphatic hydroxyl groups is 1. The summed E-state index contributed by atoms with van der Waals surface area (Å²) < 4.78 is 16.4. The number of hydrogen-bond donors (Lipinski definition) is 1. The van der Waals surface area contributed by atoms with Gasteiger partial charge in [-0.2, -0.15) is 0 Å². The molecule has 0 aromatic rings. The van der Waals surface area contributed by atoms with Crippen LogP contribution in [0.4, 0.5) is 0 Å². The van der Waals surface area contributed by atoms with Gasteiger partial charge in [-0.3, -0.25) is 0 Å². The number of aliphatic hydroxyl groups excluding tert-OH is 1. The van der Waals surface area contributed by atoms with E-state index in [2.05, 4.69) is 0 Å². The van der Waals surface area contributed by atoms with Crippen LogP contribution in [-0.2, 0) is 23.8 Å². The molecule has 5 fully saturated rings. The van der Waals surface area contributed by atoms with Crippen molar-refractivity contribution in [3.05, 3.63) is 11.3 Å². The zero-order valence-electron chi connectivity index (χ0n) is 15.4. The molecule has 0 amide bonds. The average Bonchev–Trinajstić information content (AvgIpc) is 2.59. The first-order chi connectivity index (χ1) is 12.4. The highest BCUT2D eigenvalue weighted by atomic mass is 16.7. The third-order valence-corrected chi connectivity index (χ3v) is 6.52. The van der Waals surface area contributed by atoms with Crippen LogP contribution in [0.2, 0.25) is 0 Å². The highest BCUT2D eigenvalue weighted by Crippen LogP contribution is 2.57. The normalized spacial score (nSPS) is 39.3. The molecule has 4 bridgehead atoms. The van der Waals surface area contributed by atoms with Crippen LogP contribution in [0.25, 0.3) is 0 Å². The summed E-state index contributed by atoms with van der Waals surface area (Å²) in [5.41, 5.74) is -0.481. The Balaban J connectivity index is 1.40. The van der Waals surface area contributed by atoms with E-state index in [0.29, 0.717) is 30.8 Å². The van der Waals surface area contributed by atoms with Crippen LogP contribution in [0.5, 0.6) is 0 Å². The predicted octanol–water partition coefficient (Wildman–Crippen LogP) is 3.40. The first-order valence-corrected chi connectivity index (χ1v) is 9.90. The van der Waals surface area contributed by atoms with E-state index >= 15 is 0 Å². The van der Waals surface area contributed by atoms with E-state index in [0.717, 1.165) is 32.1 Å². The van der Waals surface area contributed by atoms with Gasteiger partial charge in [0.1, 0.15) is 5.60 Å². The Morgan fingerprint density at radius 2 is 1.62 bits per heavy atom. The Bertz CT molecular complexity index is 581. The van der Waals surface area contributed by atoms with Crippen molar-refractivity contribution in [3.63, 3.8) is 0 Å². The van der Waals surface area contributed by atoms with Crippen LogP contribution in [0.1, 0.15) is 64.7 Å². The molecule has 5 rings (SSSR count). The van der Waals surface area contributed by atoms with Crippen molar-refractivity contribution in [2.45, 2.75) is 76.6 Å². The van der Waals surface area contributed by atoms with Gasteiger partial charge in [-0.1, -0.05) is 0 Å². The molecule has 4 aliphatic carbocycles. The Hall–Kier alpha value is -1.56. The summed E-state index contributed by atoms with van der Waals surface area (Å²) >= 11 is 0. The molecule has 5 aliphatic rings. The third-order valence-electron chi connectivity index (χ3n) is 6.52. The largest absolute Gasteiger partial charge is 0.501 e. The summed E-state index contributed by atoms with van der Waals surface area (Å²) in [5, 5.41) is 10.1. The van der Waals surface area contributed by atoms with Gasteiger partial charge in [-0.15, -0.1) is 0 Å². The van der Waals surface area contributed by atoms with Gasteiger partial charge in [-0.05, 0) is 76.0 Å². The Labute approximate surface area is 153 Å². The fraction of sp³-hybridized carbons (Fsp3) is 0.800. The Kier molecular flexibility index (Phi) is 4.71. The second kappa shape index (κ2) is 6.87. The summed E-state index contributed by atoms with van der Waals surface area (Å²) in [6.07, 6.45) is 8.32. The fourth-order valence-corrected chi connectivity index (χ4v) is 5.66. The highest BCUT2D eigenvalue weighted by Gasteiger charge is 2.53. The van der Waals surface area contributed by atoms with Gasteiger partial charge in [0.15, 0.2) is 0 Å². The number of carbonyl (C=O) groups excluding carboxylic acids is 2. The fourth-order valence-electron chi connectivity index (χ4n) is 5.66. The molecular weight excluding hydrogens is 336 g/mol. The zero-order valence-corrected chi connectivity index (χ0v) is 15.4. The van der Waals surface area contributed by atoms with Gasteiger partial charge in [0.05, 0.1) is 12.2 Å². The number of esters is 2. The lowest BCUT2D eigenvalue weighted by Gasteiger charge is -2.55. The molecule has 4 saturated carbocycles. The van der Waals surface area contributed by atoms with Crippen molar-refractivity contribution in [2.24, 2.45) is 17.8 Å². The predicted molar refractivity (Wildman–Crippen MR) is 92.0 cm³/mol. The summed E-state index contributed by atoms with van der Waals surface area (Å²) in [6, 6.07) is 0. The summed E-state index contributed by atoms with van der Waals surface area (Å²) in [5.74, 6) is -0.238. The van der Waals surface area contributed by atoms with E-state index in [1.54, 1.807) is 0 Å². The van der Waals surface area contributed by atoms with Gasteiger partial charge in [0.25, 0.3) is 0 Å². The number of ether oxygens (including phenoxy) is 3. The molecule has 0 aromatic carbocycles. The number of carbonyl (C=O) groups is 2. The molecule has 144 valence electrons. The number of rotatable bonds is 4. The minimum Gasteiger partial charge on any atom is -0.501 e. The molecule has 1 atom stereocenters. The molecule has 0 radical (unpaired) electrons. The van der Waals surface area contributed by atoms with E-state index in [9.17, 15) is 14.7 Å². The third kappa shape index (κ3) is 3.48. The SMILES string of the molecule is C/C(C(=O)OC12CC3CC(CC(C3)C1)C2)=C(/O)C(=O)OC1CCCCO1. The van der Waals surface area contributed by atoms with E-state index in [1.165, 1.54) is 26.2 Å². The van der Waals surface area contributed by atoms with E-state index in [1.807, 2.05) is 0 Å². The Morgan fingerprint density at radius 3 is 2.15 bits per heavy atom. The van der Waals surface area contributed by atoms with Crippen molar-refractivity contribution in [2.75, 3.05) is 6.61 Å². The molecular formula is C20H28O6.